The normalized spacial score (nSPS) is 16.4. The molecule has 1 aromatic heterocycles. The summed E-state index contributed by atoms with van der Waals surface area (Å²) in [6.45, 7) is 1.79. The van der Waals surface area contributed by atoms with Crippen molar-refractivity contribution in [2.45, 2.75) is 19.6 Å². The maximum atomic E-state index is 11.6. The van der Waals surface area contributed by atoms with Crippen LogP contribution in [0.15, 0.2) is 33.9 Å². The maximum Gasteiger partial charge on any atom is 0.265 e. The molecule has 2 heterocycles. The Morgan fingerprint density at radius 1 is 1.48 bits per heavy atom. The molecule has 1 aliphatic rings. The lowest BCUT2D eigenvalue weighted by Gasteiger charge is -2.23. The summed E-state index contributed by atoms with van der Waals surface area (Å²) in [6.07, 6.45) is -0.508. The Balaban J connectivity index is 1.90. The molecule has 0 saturated carbocycles. The monoisotopic (exact) mass is 285 g/mol. The molecule has 1 aliphatic heterocycles. The molecule has 0 fully saturated rings. The molecular weight excluding hydrogens is 274 g/mol. The summed E-state index contributed by atoms with van der Waals surface area (Å²) in [5.74, 6) is 0.891. The summed E-state index contributed by atoms with van der Waals surface area (Å²) in [5, 5.41) is 10.1. The minimum absolute atomic E-state index is 0.103. The number of benzene rings is 1. The van der Waals surface area contributed by atoms with Crippen molar-refractivity contribution in [2.75, 3.05) is 5.32 Å². The molecule has 106 valence electrons. The van der Waals surface area contributed by atoms with E-state index in [2.05, 4.69) is 20.5 Å². The topological polar surface area (TPSA) is 113 Å². The number of carbonyl (C=O) groups excluding carboxylic acids is 1. The fourth-order valence-electron chi connectivity index (χ4n) is 1.99. The molecule has 1 N–H and O–H groups in total. The molecule has 0 aliphatic carbocycles. The number of fused-ring (bicyclic) bond motifs is 1. The van der Waals surface area contributed by atoms with Gasteiger partial charge < -0.3 is 14.6 Å². The Hall–Kier alpha value is -2.99. The van der Waals surface area contributed by atoms with Crippen LogP contribution in [0.2, 0.25) is 0 Å². The van der Waals surface area contributed by atoms with Gasteiger partial charge in [-0.3, -0.25) is 4.79 Å². The molecule has 3 rings (SSSR count). The number of hydrogen-bond acceptors (Lipinski definition) is 5. The standard InChI is InChI=1S/C13H11N5O3/c1-7-13(19)16-11-4-8(2-3-12(11)20-7)10-5-9(21-17-10)6-15-18-14/h2-5,7H,6H2,1H3,(H,16,19). The average Bonchev–Trinajstić information content (AvgIpc) is 2.95. The first-order chi connectivity index (χ1) is 10.2. The number of nitrogens with one attached hydrogen (secondary N) is 1. The first-order valence-electron chi connectivity index (χ1n) is 6.26. The SMILES string of the molecule is CC1Oc2ccc(-c3cc(CN=[N+]=[N-])on3)cc2NC1=O. The fraction of sp³-hybridized carbons (Fsp3) is 0.231. The molecule has 1 atom stereocenters. The van der Waals surface area contributed by atoms with Gasteiger partial charge in [-0.25, -0.2) is 0 Å². The second-order valence-electron chi connectivity index (χ2n) is 4.53. The molecular formula is C13H11N5O3. The van der Waals surface area contributed by atoms with E-state index < -0.39 is 6.10 Å². The lowest BCUT2D eigenvalue weighted by Crippen LogP contribution is -2.34. The van der Waals surface area contributed by atoms with E-state index in [4.69, 9.17) is 14.8 Å². The van der Waals surface area contributed by atoms with Crippen LogP contribution in [0.3, 0.4) is 0 Å². The van der Waals surface area contributed by atoms with Crippen LogP contribution in [0.25, 0.3) is 21.7 Å². The number of ether oxygens (including phenoxy) is 1. The lowest BCUT2D eigenvalue weighted by molar-refractivity contribution is -0.122. The van der Waals surface area contributed by atoms with Gasteiger partial charge in [-0.2, -0.15) is 0 Å². The Bertz CT molecular complexity index is 748. The molecule has 0 radical (unpaired) electrons. The van der Waals surface area contributed by atoms with Crippen LogP contribution in [0.5, 0.6) is 5.75 Å². The van der Waals surface area contributed by atoms with Gasteiger partial charge in [-0.05, 0) is 30.7 Å². The van der Waals surface area contributed by atoms with Crippen molar-refractivity contribution in [1.29, 1.82) is 0 Å². The number of rotatable bonds is 3. The van der Waals surface area contributed by atoms with Crippen LogP contribution in [-0.2, 0) is 11.3 Å². The van der Waals surface area contributed by atoms with E-state index in [1.165, 1.54) is 0 Å². The van der Waals surface area contributed by atoms with E-state index in [0.717, 1.165) is 5.56 Å². The van der Waals surface area contributed by atoms with E-state index >= 15 is 0 Å². The van der Waals surface area contributed by atoms with Crippen molar-refractivity contribution < 1.29 is 14.1 Å². The lowest BCUT2D eigenvalue weighted by atomic mass is 10.1. The van der Waals surface area contributed by atoms with E-state index in [1.807, 2.05) is 6.07 Å². The summed E-state index contributed by atoms with van der Waals surface area (Å²) in [6, 6.07) is 7.03. The van der Waals surface area contributed by atoms with Gasteiger partial charge in [0.15, 0.2) is 6.10 Å². The van der Waals surface area contributed by atoms with Gasteiger partial charge in [0.25, 0.3) is 5.91 Å². The highest BCUT2D eigenvalue weighted by molar-refractivity contribution is 5.98. The van der Waals surface area contributed by atoms with Gasteiger partial charge in [0.05, 0.1) is 12.2 Å². The molecule has 0 spiro atoms. The third-order valence-corrected chi connectivity index (χ3v) is 3.05. The van der Waals surface area contributed by atoms with Crippen LogP contribution in [0, 0.1) is 0 Å². The fourth-order valence-corrected chi connectivity index (χ4v) is 1.99. The molecule has 8 heteroatoms. The van der Waals surface area contributed by atoms with Crippen LogP contribution in [0.1, 0.15) is 12.7 Å². The molecule has 1 unspecified atom stereocenters. The summed E-state index contributed by atoms with van der Waals surface area (Å²) in [5.41, 5.74) is 10.2. The summed E-state index contributed by atoms with van der Waals surface area (Å²) in [4.78, 5) is 14.3. The Kier molecular flexibility index (Phi) is 3.21. The van der Waals surface area contributed by atoms with Gasteiger partial charge in [-0.15, -0.1) is 0 Å². The third-order valence-electron chi connectivity index (χ3n) is 3.05. The number of aromatic nitrogens is 1. The molecule has 0 saturated heterocycles. The molecule has 21 heavy (non-hydrogen) atoms. The van der Waals surface area contributed by atoms with Crippen molar-refractivity contribution in [3.63, 3.8) is 0 Å². The maximum absolute atomic E-state index is 11.6. The first kappa shape index (κ1) is 13.0. The summed E-state index contributed by atoms with van der Waals surface area (Å²) >= 11 is 0. The summed E-state index contributed by atoms with van der Waals surface area (Å²) < 4.78 is 10.6. The van der Waals surface area contributed by atoms with E-state index in [1.54, 1.807) is 25.1 Å². The van der Waals surface area contributed by atoms with E-state index in [0.29, 0.717) is 22.9 Å². The predicted octanol–water partition coefficient (Wildman–Crippen LogP) is 2.87. The van der Waals surface area contributed by atoms with Crippen LogP contribution < -0.4 is 10.1 Å². The molecule has 1 amide bonds. The highest BCUT2D eigenvalue weighted by Gasteiger charge is 2.23. The van der Waals surface area contributed by atoms with Gasteiger partial charge in [0.2, 0.25) is 0 Å². The first-order valence-corrected chi connectivity index (χ1v) is 6.26. The molecule has 8 nitrogen and oxygen atoms in total. The Morgan fingerprint density at radius 3 is 3.14 bits per heavy atom. The zero-order valence-corrected chi connectivity index (χ0v) is 11.1. The second-order valence-corrected chi connectivity index (χ2v) is 4.53. The van der Waals surface area contributed by atoms with Crippen LogP contribution in [-0.4, -0.2) is 17.2 Å². The number of hydrogen-bond donors (Lipinski definition) is 1. The largest absolute Gasteiger partial charge is 0.479 e. The van der Waals surface area contributed by atoms with Crippen molar-refractivity contribution in [2.24, 2.45) is 5.11 Å². The van der Waals surface area contributed by atoms with Crippen LogP contribution in [0.4, 0.5) is 5.69 Å². The summed E-state index contributed by atoms with van der Waals surface area (Å²) in [7, 11) is 0. The number of nitrogens with zero attached hydrogens (tertiary/aromatic N) is 4. The van der Waals surface area contributed by atoms with Gasteiger partial charge in [0.1, 0.15) is 17.2 Å². The highest BCUT2D eigenvalue weighted by atomic mass is 16.5. The number of anilines is 1. The predicted molar refractivity (Wildman–Crippen MR) is 73.5 cm³/mol. The number of azide groups is 1. The minimum Gasteiger partial charge on any atom is -0.479 e. The quantitative estimate of drug-likeness (QED) is 0.530. The second kappa shape index (κ2) is 5.18. The third kappa shape index (κ3) is 2.52. The van der Waals surface area contributed by atoms with E-state index in [-0.39, 0.29) is 12.5 Å². The number of amides is 1. The zero-order valence-electron chi connectivity index (χ0n) is 11.1. The van der Waals surface area contributed by atoms with Gasteiger partial charge in [0, 0.05) is 16.5 Å². The van der Waals surface area contributed by atoms with E-state index in [9.17, 15) is 4.79 Å². The van der Waals surface area contributed by atoms with Crippen molar-refractivity contribution in [1.82, 2.24) is 5.16 Å². The van der Waals surface area contributed by atoms with Crippen molar-refractivity contribution in [3.05, 3.63) is 40.5 Å². The van der Waals surface area contributed by atoms with Crippen LogP contribution >= 0.6 is 0 Å². The zero-order chi connectivity index (χ0) is 14.8. The Labute approximate surface area is 119 Å². The minimum atomic E-state index is -0.508. The van der Waals surface area contributed by atoms with Gasteiger partial charge in [-0.1, -0.05) is 10.3 Å². The van der Waals surface area contributed by atoms with Gasteiger partial charge >= 0.3 is 0 Å². The average molecular weight is 285 g/mol. The Morgan fingerprint density at radius 2 is 2.33 bits per heavy atom. The highest BCUT2D eigenvalue weighted by Crippen LogP contribution is 2.33. The molecule has 1 aromatic carbocycles. The number of carbonyl (C=O) groups is 1. The smallest absolute Gasteiger partial charge is 0.265 e. The van der Waals surface area contributed by atoms with Crippen molar-refractivity contribution >= 4 is 11.6 Å². The molecule has 0 bridgehead atoms. The molecule has 2 aromatic rings. The van der Waals surface area contributed by atoms with Crippen molar-refractivity contribution in [3.8, 4) is 17.0 Å².